The molecule has 122 valence electrons. The van der Waals surface area contributed by atoms with Crippen LogP contribution in [0.15, 0.2) is 22.8 Å². The summed E-state index contributed by atoms with van der Waals surface area (Å²) in [5.41, 5.74) is 0. The second-order valence-corrected chi connectivity index (χ2v) is 6.11. The molecular weight excluding hydrogens is 280 g/mol. The third-order valence-electron chi connectivity index (χ3n) is 4.30. The van der Waals surface area contributed by atoms with Gasteiger partial charge >= 0.3 is 0 Å². The fraction of sp³-hybridized carbons (Fsp3) is 0.647. The average Bonchev–Trinajstić information content (AvgIpc) is 3.07. The van der Waals surface area contributed by atoms with Gasteiger partial charge in [-0.25, -0.2) is 0 Å². The largest absolute Gasteiger partial charge is 0.459 e. The first-order chi connectivity index (χ1) is 10.7. The van der Waals surface area contributed by atoms with E-state index in [1.54, 1.807) is 19.1 Å². The zero-order valence-corrected chi connectivity index (χ0v) is 13.3. The fourth-order valence-corrected chi connectivity index (χ4v) is 2.97. The summed E-state index contributed by atoms with van der Waals surface area (Å²) in [5.74, 6) is 0.539. The van der Waals surface area contributed by atoms with E-state index >= 15 is 0 Å². The molecule has 1 saturated carbocycles. The van der Waals surface area contributed by atoms with Crippen LogP contribution in [-0.4, -0.2) is 24.4 Å². The van der Waals surface area contributed by atoms with Crippen LogP contribution in [0, 0.1) is 5.92 Å². The molecule has 0 saturated heterocycles. The van der Waals surface area contributed by atoms with E-state index in [-0.39, 0.29) is 17.6 Å². The van der Waals surface area contributed by atoms with E-state index in [9.17, 15) is 9.59 Å². The van der Waals surface area contributed by atoms with Gasteiger partial charge in [0.05, 0.1) is 6.26 Å². The minimum atomic E-state index is -0.563. The van der Waals surface area contributed by atoms with Gasteiger partial charge in [-0.3, -0.25) is 9.59 Å². The van der Waals surface area contributed by atoms with Gasteiger partial charge in [-0.2, -0.15) is 0 Å². The lowest BCUT2D eigenvalue weighted by atomic mass is 9.86. The highest BCUT2D eigenvalue weighted by molar-refractivity contribution is 5.95. The molecule has 1 atom stereocenters. The molecule has 1 fully saturated rings. The van der Waals surface area contributed by atoms with Gasteiger partial charge in [0.25, 0.3) is 5.91 Å². The van der Waals surface area contributed by atoms with Gasteiger partial charge in [-0.05, 0) is 37.8 Å². The molecule has 2 rings (SSSR count). The number of hydrogen-bond acceptors (Lipinski definition) is 3. The molecule has 1 aromatic heterocycles. The molecule has 1 heterocycles. The highest BCUT2D eigenvalue weighted by Gasteiger charge is 2.18. The Bertz CT molecular complexity index is 464. The zero-order chi connectivity index (χ0) is 15.8. The molecule has 1 aliphatic rings. The smallest absolute Gasteiger partial charge is 0.287 e. The van der Waals surface area contributed by atoms with Gasteiger partial charge in [-0.15, -0.1) is 0 Å². The van der Waals surface area contributed by atoms with Crippen molar-refractivity contribution in [1.29, 1.82) is 0 Å². The highest BCUT2D eigenvalue weighted by Crippen LogP contribution is 2.26. The second-order valence-electron chi connectivity index (χ2n) is 6.11. The molecule has 1 unspecified atom stereocenters. The molecule has 0 aliphatic heterocycles. The molecule has 0 bridgehead atoms. The number of hydrogen-bond donors (Lipinski definition) is 2. The molecule has 1 aromatic rings. The molecule has 5 nitrogen and oxygen atoms in total. The maximum atomic E-state index is 11.9. The lowest BCUT2D eigenvalue weighted by Crippen LogP contribution is -2.45. The Morgan fingerprint density at radius 1 is 1.32 bits per heavy atom. The van der Waals surface area contributed by atoms with Gasteiger partial charge in [0, 0.05) is 6.54 Å². The maximum absolute atomic E-state index is 11.9. The number of carbonyl (C=O) groups excluding carboxylic acids is 2. The van der Waals surface area contributed by atoms with Crippen LogP contribution in [0.25, 0.3) is 0 Å². The molecule has 22 heavy (non-hydrogen) atoms. The van der Waals surface area contributed by atoms with Crippen molar-refractivity contribution in [2.24, 2.45) is 5.92 Å². The van der Waals surface area contributed by atoms with E-state index in [1.807, 2.05) is 0 Å². The van der Waals surface area contributed by atoms with Crippen LogP contribution in [0.2, 0.25) is 0 Å². The summed E-state index contributed by atoms with van der Waals surface area (Å²) >= 11 is 0. The van der Waals surface area contributed by atoms with Crippen LogP contribution in [0.3, 0.4) is 0 Å². The first-order valence-corrected chi connectivity index (χ1v) is 8.29. The number of nitrogens with one attached hydrogen (secondary N) is 2. The van der Waals surface area contributed by atoms with Gasteiger partial charge in [-0.1, -0.05) is 32.1 Å². The van der Waals surface area contributed by atoms with Crippen molar-refractivity contribution in [3.05, 3.63) is 24.2 Å². The van der Waals surface area contributed by atoms with Gasteiger partial charge < -0.3 is 15.1 Å². The predicted molar refractivity (Wildman–Crippen MR) is 84.5 cm³/mol. The second kappa shape index (κ2) is 8.61. The van der Waals surface area contributed by atoms with Crippen LogP contribution in [0.1, 0.15) is 62.4 Å². The summed E-state index contributed by atoms with van der Waals surface area (Å²) in [6, 6.07) is 2.65. The van der Waals surface area contributed by atoms with E-state index in [2.05, 4.69) is 10.6 Å². The first-order valence-electron chi connectivity index (χ1n) is 8.29. The SMILES string of the molecule is CC(NC(=O)c1ccco1)C(=O)NCCCC1CCCCC1. The first kappa shape index (κ1) is 16.6. The predicted octanol–water partition coefficient (Wildman–Crippen LogP) is 2.87. The lowest BCUT2D eigenvalue weighted by molar-refractivity contribution is -0.122. The average molecular weight is 306 g/mol. The van der Waals surface area contributed by atoms with Crippen molar-refractivity contribution >= 4 is 11.8 Å². The summed E-state index contributed by atoms with van der Waals surface area (Å²) in [6.07, 6.45) is 10.4. The van der Waals surface area contributed by atoms with E-state index in [1.165, 1.54) is 44.8 Å². The van der Waals surface area contributed by atoms with Crippen molar-refractivity contribution in [2.75, 3.05) is 6.54 Å². The fourth-order valence-electron chi connectivity index (χ4n) is 2.97. The number of rotatable bonds is 7. The third kappa shape index (κ3) is 5.20. The van der Waals surface area contributed by atoms with Crippen molar-refractivity contribution in [3.63, 3.8) is 0 Å². The molecule has 5 heteroatoms. The molecule has 2 N–H and O–H groups in total. The molecule has 2 amide bonds. The van der Waals surface area contributed by atoms with Crippen molar-refractivity contribution in [3.8, 4) is 0 Å². The van der Waals surface area contributed by atoms with Gasteiger partial charge in [0.1, 0.15) is 6.04 Å². The summed E-state index contributed by atoms with van der Waals surface area (Å²) in [7, 11) is 0. The highest BCUT2D eigenvalue weighted by atomic mass is 16.3. The number of amides is 2. The zero-order valence-electron chi connectivity index (χ0n) is 13.3. The minimum absolute atomic E-state index is 0.149. The van der Waals surface area contributed by atoms with Crippen LogP contribution < -0.4 is 10.6 Å². The summed E-state index contributed by atoms with van der Waals surface area (Å²) in [5, 5.41) is 5.52. The Balaban J connectivity index is 1.60. The van der Waals surface area contributed by atoms with Crippen molar-refractivity contribution in [1.82, 2.24) is 10.6 Å². The van der Waals surface area contributed by atoms with Crippen LogP contribution in [-0.2, 0) is 4.79 Å². The van der Waals surface area contributed by atoms with Crippen LogP contribution >= 0.6 is 0 Å². The molecular formula is C17H26N2O3. The van der Waals surface area contributed by atoms with E-state index in [4.69, 9.17) is 4.42 Å². The normalized spacial score (nSPS) is 17.0. The lowest BCUT2D eigenvalue weighted by Gasteiger charge is -2.21. The molecule has 0 spiro atoms. The van der Waals surface area contributed by atoms with Crippen LogP contribution in [0.4, 0.5) is 0 Å². The summed E-state index contributed by atoms with van der Waals surface area (Å²) in [6.45, 7) is 2.35. The van der Waals surface area contributed by atoms with Crippen molar-refractivity contribution < 1.29 is 14.0 Å². The molecule has 0 radical (unpaired) electrons. The van der Waals surface area contributed by atoms with E-state index < -0.39 is 6.04 Å². The van der Waals surface area contributed by atoms with E-state index in [0.29, 0.717) is 6.54 Å². The summed E-state index contributed by atoms with van der Waals surface area (Å²) in [4.78, 5) is 23.7. The van der Waals surface area contributed by atoms with Crippen molar-refractivity contribution in [2.45, 2.75) is 57.9 Å². The Morgan fingerprint density at radius 2 is 2.09 bits per heavy atom. The maximum Gasteiger partial charge on any atom is 0.287 e. The Hall–Kier alpha value is -1.78. The topological polar surface area (TPSA) is 71.3 Å². The molecule has 1 aliphatic carbocycles. The monoisotopic (exact) mass is 306 g/mol. The Morgan fingerprint density at radius 3 is 2.77 bits per heavy atom. The number of carbonyl (C=O) groups is 2. The van der Waals surface area contributed by atoms with Crippen LogP contribution in [0.5, 0.6) is 0 Å². The molecule has 0 aromatic carbocycles. The van der Waals surface area contributed by atoms with Gasteiger partial charge in [0.2, 0.25) is 5.91 Å². The van der Waals surface area contributed by atoms with E-state index in [0.717, 1.165) is 12.3 Å². The minimum Gasteiger partial charge on any atom is -0.459 e. The Kier molecular flexibility index (Phi) is 6.49. The quantitative estimate of drug-likeness (QED) is 0.761. The standard InChI is InChI=1S/C17H26N2O3/c1-13(19-17(21)15-10-6-12-22-15)16(20)18-11-5-9-14-7-3-2-4-8-14/h6,10,12-14H,2-5,7-9,11H2,1H3,(H,18,20)(H,19,21). The Labute approximate surface area is 131 Å². The third-order valence-corrected chi connectivity index (χ3v) is 4.30. The summed E-state index contributed by atoms with van der Waals surface area (Å²) < 4.78 is 5.00. The van der Waals surface area contributed by atoms with Gasteiger partial charge in [0.15, 0.2) is 5.76 Å². The number of furan rings is 1.